The predicted molar refractivity (Wildman–Crippen MR) is 53.9 cm³/mol. The molecule has 2 N–H and O–H groups in total. The van der Waals surface area contributed by atoms with Crippen molar-refractivity contribution >= 4 is 48.6 Å². The van der Waals surface area contributed by atoms with Crippen molar-refractivity contribution in [1.82, 2.24) is 0 Å². The molecule has 0 amide bonds. The van der Waals surface area contributed by atoms with Crippen molar-refractivity contribution in [2.45, 2.75) is 0 Å². The fourth-order valence-corrected chi connectivity index (χ4v) is 1.52. The van der Waals surface area contributed by atoms with Gasteiger partial charge in [-0.2, -0.15) is 0 Å². The molecule has 0 spiro atoms. The number of rotatable bonds is 4. The zero-order chi connectivity index (χ0) is 13.0. The minimum absolute atomic E-state index is 0.224. The lowest BCUT2D eigenvalue weighted by molar-refractivity contribution is -0.157. The molecule has 10 nitrogen and oxygen atoms in total. The number of phosphoric acid groups is 2. The summed E-state index contributed by atoms with van der Waals surface area (Å²) in [6, 6.07) is 0. The molecule has 0 aromatic carbocycles. The fraction of sp³-hybridized carbons (Fsp3) is 0. The van der Waals surface area contributed by atoms with Crippen molar-refractivity contribution in [1.29, 1.82) is 0 Å². The molecule has 94 valence electrons. The van der Waals surface area contributed by atoms with E-state index in [1.807, 2.05) is 0 Å². The lowest BCUT2D eigenvalue weighted by Gasteiger charge is -2.10. The maximum atomic E-state index is 10.7. The van der Waals surface area contributed by atoms with Crippen molar-refractivity contribution < 1.29 is 46.0 Å². The van der Waals surface area contributed by atoms with Gasteiger partial charge in [-0.05, 0) is 0 Å². The molecule has 16 heavy (non-hydrogen) atoms. The first-order valence-electron chi connectivity index (χ1n) is 3.38. The Labute approximate surface area is 95.2 Å². The maximum absolute atomic E-state index is 10.7. The maximum Gasteiger partial charge on any atom is 0.519 e. The Balaban J connectivity index is 4.49. The van der Waals surface area contributed by atoms with E-state index in [0.29, 0.717) is 0 Å². The van der Waals surface area contributed by atoms with Gasteiger partial charge in [-0.15, -0.1) is 0 Å². The lowest BCUT2D eigenvalue weighted by atomic mass is 10.7. The molecule has 0 heterocycles. The number of carbonyl (C=O) groups is 2. The van der Waals surface area contributed by atoms with Crippen LogP contribution in [0.2, 0.25) is 0 Å². The molecule has 0 aliphatic heterocycles. The summed E-state index contributed by atoms with van der Waals surface area (Å²) in [7, 11) is -9.75. The Bertz CT molecular complexity index is 341. The zero-order valence-electron chi connectivity index (χ0n) is 8.05. The van der Waals surface area contributed by atoms with Crippen molar-refractivity contribution in [2.75, 3.05) is 0 Å². The Morgan fingerprint density at radius 1 is 0.875 bits per heavy atom. The van der Waals surface area contributed by atoms with Crippen LogP contribution >= 0.6 is 15.6 Å². The van der Waals surface area contributed by atoms with Crippen molar-refractivity contribution in [3.63, 3.8) is 0 Å². The van der Waals surface area contributed by atoms with Gasteiger partial charge in [0.25, 0.3) is 0 Å². The van der Waals surface area contributed by atoms with E-state index in [9.17, 15) is 18.7 Å². The summed E-state index contributed by atoms with van der Waals surface area (Å²) in [5, 5.41) is 0. The van der Waals surface area contributed by atoms with Crippen LogP contribution in [-0.4, -0.2) is 42.7 Å². The van der Waals surface area contributed by atoms with E-state index in [1.54, 1.807) is 0 Å². The van der Waals surface area contributed by atoms with Crippen molar-refractivity contribution in [2.24, 2.45) is 0 Å². The molecule has 0 saturated carbocycles. The minimum atomic E-state index is -4.65. The van der Waals surface area contributed by atoms with Gasteiger partial charge in [-0.25, -0.2) is 18.7 Å². The van der Waals surface area contributed by atoms with Gasteiger partial charge >= 0.3 is 27.6 Å². The van der Waals surface area contributed by atoms with Gasteiger partial charge in [0.15, 0.2) is 21.0 Å². The van der Waals surface area contributed by atoms with Crippen LogP contribution in [0.5, 0.6) is 0 Å². The van der Waals surface area contributed by atoms with Crippen LogP contribution in [0.15, 0.2) is 0 Å². The van der Waals surface area contributed by atoms with Crippen molar-refractivity contribution in [3.05, 3.63) is 0 Å². The second kappa shape index (κ2) is 5.84. The average Bonchev–Trinajstić information content (AvgIpc) is 2.16. The highest BCUT2D eigenvalue weighted by Crippen LogP contribution is 2.44. The van der Waals surface area contributed by atoms with E-state index in [4.69, 9.17) is 9.79 Å². The topological polar surface area (TPSA) is 146 Å². The molecule has 2 atom stereocenters. The van der Waals surface area contributed by atoms with E-state index in [0.717, 1.165) is 0 Å². The Morgan fingerprint density at radius 2 is 1.12 bits per heavy atom. The molecule has 0 saturated heterocycles. The molecule has 0 aliphatic rings. The second-order valence-corrected chi connectivity index (χ2v) is 7.22. The van der Waals surface area contributed by atoms with Gasteiger partial charge < -0.3 is 17.5 Å². The quantitative estimate of drug-likeness (QED) is 0.310. The third kappa shape index (κ3) is 5.67. The molecule has 0 aromatic rings. The second-order valence-electron chi connectivity index (χ2n) is 2.06. The number of carbonyl (C=O) groups excluding carboxylic acids is 2. The first-order valence-corrected chi connectivity index (χ1v) is 8.00. The van der Waals surface area contributed by atoms with E-state index >= 15 is 0 Å². The third-order valence-corrected chi connectivity index (χ3v) is 5.51. The summed E-state index contributed by atoms with van der Waals surface area (Å²) in [6.45, 7) is 0. The molecule has 14 heteroatoms. The van der Waals surface area contributed by atoms with E-state index in [2.05, 4.69) is 17.5 Å². The Morgan fingerprint density at radius 3 is 1.31 bits per heavy atom. The molecule has 2 unspecified atom stereocenters. The molecule has 0 fully saturated rings. The van der Waals surface area contributed by atoms with Crippen LogP contribution in [0.4, 0.5) is 0 Å². The van der Waals surface area contributed by atoms with Gasteiger partial charge in [0.2, 0.25) is 0 Å². The number of hydrogen-bond donors (Lipinski definition) is 2. The minimum Gasteiger partial charge on any atom is -0.362 e. The molecular formula is C2H8O10P2Si2. The summed E-state index contributed by atoms with van der Waals surface area (Å²) >= 11 is 0. The Kier molecular flexibility index (Phi) is 5.72. The van der Waals surface area contributed by atoms with Crippen LogP contribution in [0.1, 0.15) is 0 Å². The van der Waals surface area contributed by atoms with E-state index < -0.39 is 27.6 Å². The number of hydrogen-bond acceptors (Lipinski definition) is 8. The average molecular weight is 310 g/mol. The zero-order valence-corrected chi connectivity index (χ0v) is 13.8. The van der Waals surface area contributed by atoms with Crippen LogP contribution < -0.4 is 0 Å². The van der Waals surface area contributed by atoms with Gasteiger partial charge in [-0.1, -0.05) is 0 Å². The Hall–Kier alpha value is -0.326. The molecule has 0 radical (unpaired) electrons. The highest BCUT2D eigenvalue weighted by atomic mass is 31.2. The van der Waals surface area contributed by atoms with Crippen LogP contribution in [-0.2, 0) is 36.2 Å². The van der Waals surface area contributed by atoms with Gasteiger partial charge in [0.1, 0.15) is 0 Å². The fourth-order valence-electron chi connectivity index (χ4n) is 0.359. The molecular weight excluding hydrogens is 302 g/mol. The van der Waals surface area contributed by atoms with E-state index in [1.165, 1.54) is 0 Å². The van der Waals surface area contributed by atoms with Gasteiger partial charge in [-0.3, -0.25) is 9.79 Å². The van der Waals surface area contributed by atoms with Gasteiger partial charge in [0, 0.05) is 0 Å². The van der Waals surface area contributed by atoms with E-state index in [-0.39, 0.29) is 21.0 Å². The van der Waals surface area contributed by atoms with Gasteiger partial charge in [0.05, 0.1) is 0 Å². The largest absolute Gasteiger partial charge is 0.519 e. The summed E-state index contributed by atoms with van der Waals surface area (Å²) in [5.74, 6) is -3.87. The summed E-state index contributed by atoms with van der Waals surface area (Å²) in [6.07, 6.45) is 0. The lowest BCUT2D eigenvalue weighted by Crippen LogP contribution is -2.19. The number of phosphoric ester groups is 2. The standard InChI is InChI=1S/C2H8O10P2Si2/c3-1(9-13(5,6)11-15)2(4)10-14(7,8)12-16/h15-16H3,(H,5,6)(H,7,8). The molecule has 0 aromatic heterocycles. The monoisotopic (exact) mass is 310 g/mol. The van der Waals surface area contributed by atoms with Crippen LogP contribution in [0.25, 0.3) is 0 Å². The molecule has 0 bridgehead atoms. The summed E-state index contributed by atoms with van der Waals surface area (Å²) in [4.78, 5) is 38.8. The SMILES string of the molecule is O=C(OP(=O)(O)O[SiH3])C(=O)OP(=O)(O)O[SiH3]. The normalized spacial score (nSPS) is 18.4. The smallest absolute Gasteiger partial charge is 0.362 e. The predicted octanol–water partition coefficient (Wildman–Crippen LogP) is -3.13. The van der Waals surface area contributed by atoms with Crippen molar-refractivity contribution in [3.8, 4) is 0 Å². The highest BCUT2D eigenvalue weighted by Gasteiger charge is 2.34. The first-order chi connectivity index (χ1) is 7.13. The molecule has 0 rings (SSSR count). The van der Waals surface area contributed by atoms with Crippen LogP contribution in [0.3, 0.4) is 0 Å². The van der Waals surface area contributed by atoms with Crippen LogP contribution in [0, 0.1) is 0 Å². The summed E-state index contributed by atoms with van der Waals surface area (Å²) in [5.41, 5.74) is 0. The third-order valence-electron chi connectivity index (χ3n) is 1.02. The first kappa shape index (κ1) is 15.7. The molecule has 0 aliphatic carbocycles. The summed E-state index contributed by atoms with van der Waals surface area (Å²) < 4.78 is 36.6. The highest BCUT2D eigenvalue weighted by molar-refractivity contribution is 7.49.